The van der Waals surface area contributed by atoms with Crippen LogP contribution in [0.4, 0.5) is 0 Å². The molecule has 0 saturated carbocycles. The Morgan fingerprint density at radius 1 is 1.16 bits per heavy atom. The molecule has 0 spiro atoms. The predicted molar refractivity (Wildman–Crippen MR) is 149 cm³/mol. The summed E-state index contributed by atoms with van der Waals surface area (Å²) in [6.07, 6.45) is 5.64. The van der Waals surface area contributed by atoms with E-state index in [-0.39, 0.29) is 35.5 Å². The average Bonchev–Trinajstić information content (AvgIpc) is 3.11. The summed E-state index contributed by atoms with van der Waals surface area (Å²) in [5.41, 5.74) is 5.23. The van der Waals surface area contributed by atoms with Gasteiger partial charge in [0.05, 0.1) is 23.0 Å². The molecule has 2 fully saturated rings. The first kappa shape index (κ1) is 26.7. The van der Waals surface area contributed by atoms with Crippen molar-refractivity contribution in [3.8, 4) is 5.75 Å². The molecule has 198 valence electrons. The minimum Gasteiger partial charge on any atom is -0.508 e. The zero-order valence-corrected chi connectivity index (χ0v) is 22.5. The number of allylic oxidation sites excluding steroid dienone is 2. The topological polar surface area (TPSA) is 87.1 Å². The van der Waals surface area contributed by atoms with Gasteiger partial charge in [-0.25, -0.2) is 0 Å². The van der Waals surface area contributed by atoms with Gasteiger partial charge in [0.15, 0.2) is 0 Å². The van der Waals surface area contributed by atoms with Crippen molar-refractivity contribution in [2.75, 3.05) is 7.05 Å². The molecular formula is C30H33BClNO5. The fourth-order valence-electron chi connectivity index (χ4n) is 6.52. The number of hydrogen-bond acceptors (Lipinski definition) is 5. The second-order valence-electron chi connectivity index (χ2n) is 10.6. The van der Waals surface area contributed by atoms with Gasteiger partial charge in [0.1, 0.15) is 5.75 Å². The third-order valence-electron chi connectivity index (χ3n) is 8.21. The second kappa shape index (κ2) is 11.1. The second-order valence-corrected chi connectivity index (χ2v) is 11.0. The van der Waals surface area contributed by atoms with Crippen LogP contribution in [0.1, 0.15) is 50.2 Å². The number of likely N-dealkylation sites (tertiary alicyclic amines) is 1. The predicted octanol–water partition coefficient (Wildman–Crippen LogP) is 5.59. The number of fused-ring (bicyclic) bond motifs is 3. The van der Waals surface area contributed by atoms with Crippen molar-refractivity contribution >= 4 is 42.2 Å². The van der Waals surface area contributed by atoms with Crippen LogP contribution in [0.25, 0.3) is 11.6 Å². The maximum Gasteiger partial charge on any atom is 0.455 e. The highest BCUT2D eigenvalue weighted by Crippen LogP contribution is 2.51. The van der Waals surface area contributed by atoms with Gasteiger partial charge in [-0.3, -0.25) is 14.5 Å². The highest BCUT2D eigenvalue weighted by Gasteiger charge is 2.56. The SMILES string of the molecule is CCCC1=C2[C@@H](CC/C(=C/c3ccc(O)cc3Cl)c3ccccc3)OB(O)C[C@@H]2[C@@H]2C(=O)N(C)C(=O)[C@@H]2C1. The van der Waals surface area contributed by atoms with E-state index in [1.165, 1.54) is 16.5 Å². The van der Waals surface area contributed by atoms with Gasteiger partial charge >= 0.3 is 7.12 Å². The first-order chi connectivity index (χ1) is 18.3. The number of aromatic hydroxyl groups is 1. The molecule has 2 aromatic carbocycles. The molecule has 6 nitrogen and oxygen atoms in total. The molecule has 2 N–H and O–H groups in total. The molecule has 0 aromatic heterocycles. The Bertz CT molecular complexity index is 1290. The number of benzene rings is 2. The summed E-state index contributed by atoms with van der Waals surface area (Å²) >= 11 is 6.43. The number of halogens is 1. The fourth-order valence-corrected chi connectivity index (χ4v) is 6.75. The first-order valence-electron chi connectivity index (χ1n) is 13.4. The van der Waals surface area contributed by atoms with E-state index in [9.17, 15) is 19.7 Å². The van der Waals surface area contributed by atoms with E-state index in [4.69, 9.17) is 16.3 Å². The highest BCUT2D eigenvalue weighted by molar-refractivity contribution is 6.43. The lowest BCUT2D eigenvalue weighted by Gasteiger charge is -2.43. The Morgan fingerprint density at radius 3 is 2.63 bits per heavy atom. The van der Waals surface area contributed by atoms with Gasteiger partial charge in [0.2, 0.25) is 11.8 Å². The van der Waals surface area contributed by atoms with E-state index in [1.54, 1.807) is 19.2 Å². The lowest BCUT2D eigenvalue weighted by molar-refractivity contribution is -0.138. The van der Waals surface area contributed by atoms with Gasteiger partial charge in [-0.2, -0.15) is 0 Å². The first-order valence-corrected chi connectivity index (χ1v) is 13.8. The number of rotatable bonds is 7. The van der Waals surface area contributed by atoms with E-state index in [0.29, 0.717) is 30.6 Å². The number of nitrogens with zero attached hydrogens (tertiary/aromatic N) is 1. The molecule has 0 bridgehead atoms. The summed E-state index contributed by atoms with van der Waals surface area (Å²) in [7, 11) is 0.584. The molecule has 4 atom stereocenters. The number of phenolic OH excluding ortho intramolecular Hbond substituents is 1. The van der Waals surface area contributed by atoms with Gasteiger partial charge in [0.25, 0.3) is 0 Å². The number of phenols is 1. The lowest BCUT2D eigenvalue weighted by atomic mass is 9.58. The van der Waals surface area contributed by atoms with Crippen LogP contribution in [0.15, 0.2) is 59.7 Å². The standard InChI is InChI=1S/C30H33BClNO5/c1-3-7-21-15-23-28(30(36)33(2)29(23)35)24-17-31(37)38-26(27(21)24)13-11-19(18-8-5-4-6-9-18)14-20-10-12-22(34)16-25(20)32/h4-6,8-10,12,14,16,23-24,26,28,34,37H,3,7,11,13,15,17H2,1-2H3/b19-14-/t23-,24+,26-,28-/m1/s1. The molecule has 0 radical (unpaired) electrons. The molecule has 3 aliphatic rings. The van der Waals surface area contributed by atoms with E-state index >= 15 is 0 Å². The zero-order chi connectivity index (χ0) is 27.0. The third-order valence-corrected chi connectivity index (χ3v) is 8.54. The van der Waals surface area contributed by atoms with Crippen LogP contribution in [-0.4, -0.2) is 47.1 Å². The maximum atomic E-state index is 13.1. The number of carbonyl (C=O) groups is 2. The molecule has 0 unspecified atom stereocenters. The van der Waals surface area contributed by atoms with Crippen molar-refractivity contribution in [1.29, 1.82) is 0 Å². The Balaban J connectivity index is 1.49. The minimum atomic E-state index is -0.986. The van der Waals surface area contributed by atoms with E-state index in [0.717, 1.165) is 35.1 Å². The molecule has 1 aliphatic carbocycles. The molecular weight excluding hydrogens is 501 g/mol. The van der Waals surface area contributed by atoms with Crippen molar-refractivity contribution in [3.63, 3.8) is 0 Å². The number of carbonyl (C=O) groups excluding carboxylic acids is 2. The normalized spacial score (nSPS) is 25.6. The molecule has 2 aliphatic heterocycles. The van der Waals surface area contributed by atoms with Crippen molar-refractivity contribution in [2.45, 2.75) is 51.5 Å². The molecule has 2 heterocycles. The van der Waals surface area contributed by atoms with Gasteiger partial charge < -0.3 is 14.8 Å². The summed E-state index contributed by atoms with van der Waals surface area (Å²) < 4.78 is 6.15. The summed E-state index contributed by atoms with van der Waals surface area (Å²) in [6.45, 7) is 2.12. The monoisotopic (exact) mass is 533 g/mol. The zero-order valence-electron chi connectivity index (χ0n) is 21.8. The van der Waals surface area contributed by atoms with Crippen LogP contribution in [0.5, 0.6) is 5.75 Å². The molecule has 8 heteroatoms. The van der Waals surface area contributed by atoms with Gasteiger partial charge in [0, 0.05) is 7.05 Å². The average molecular weight is 534 g/mol. The molecule has 2 saturated heterocycles. The summed E-state index contributed by atoms with van der Waals surface area (Å²) in [6, 6.07) is 15.0. The lowest BCUT2D eigenvalue weighted by Crippen LogP contribution is -2.46. The van der Waals surface area contributed by atoms with E-state index < -0.39 is 13.0 Å². The van der Waals surface area contributed by atoms with Crippen LogP contribution in [0.3, 0.4) is 0 Å². The van der Waals surface area contributed by atoms with Gasteiger partial charge in [-0.15, -0.1) is 0 Å². The highest BCUT2D eigenvalue weighted by atomic mass is 35.5. The quantitative estimate of drug-likeness (QED) is 0.210. The van der Waals surface area contributed by atoms with Crippen LogP contribution < -0.4 is 0 Å². The number of imide groups is 1. The Kier molecular flexibility index (Phi) is 7.80. The molecule has 2 amide bonds. The van der Waals surface area contributed by atoms with Crippen molar-refractivity contribution in [2.24, 2.45) is 17.8 Å². The van der Waals surface area contributed by atoms with Crippen LogP contribution in [0.2, 0.25) is 11.3 Å². The Hall–Kier alpha value is -2.87. The Labute approximate surface area is 229 Å². The van der Waals surface area contributed by atoms with Crippen molar-refractivity contribution in [1.82, 2.24) is 4.90 Å². The van der Waals surface area contributed by atoms with Gasteiger partial charge in [-0.05, 0) is 84.5 Å². The van der Waals surface area contributed by atoms with Crippen molar-refractivity contribution < 1.29 is 24.4 Å². The fraction of sp³-hybridized carbons (Fsp3) is 0.400. The van der Waals surface area contributed by atoms with Gasteiger partial charge in [-0.1, -0.05) is 60.9 Å². The smallest absolute Gasteiger partial charge is 0.455 e. The van der Waals surface area contributed by atoms with E-state index in [1.807, 2.05) is 36.4 Å². The number of hydrogen-bond donors (Lipinski definition) is 2. The maximum absolute atomic E-state index is 13.1. The molecule has 5 rings (SSSR count). The largest absolute Gasteiger partial charge is 0.508 e. The summed E-state index contributed by atoms with van der Waals surface area (Å²) in [5.74, 6) is -1.10. The summed E-state index contributed by atoms with van der Waals surface area (Å²) in [4.78, 5) is 27.3. The minimum absolute atomic E-state index is 0.106. The van der Waals surface area contributed by atoms with Crippen LogP contribution in [0, 0.1) is 17.8 Å². The number of amides is 2. The molecule has 2 aromatic rings. The van der Waals surface area contributed by atoms with Crippen LogP contribution in [-0.2, 0) is 14.2 Å². The summed E-state index contributed by atoms with van der Waals surface area (Å²) in [5, 5.41) is 21.0. The molecule has 38 heavy (non-hydrogen) atoms. The Morgan fingerprint density at radius 2 is 1.92 bits per heavy atom. The third kappa shape index (κ3) is 5.07. The van der Waals surface area contributed by atoms with Crippen LogP contribution >= 0.6 is 11.6 Å². The van der Waals surface area contributed by atoms with E-state index in [2.05, 4.69) is 6.92 Å². The van der Waals surface area contributed by atoms with Crippen molar-refractivity contribution in [3.05, 3.63) is 75.8 Å².